The van der Waals surface area contributed by atoms with Crippen LogP contribution in [0.2, 0.25) is 0 Å². The fourth-order valence-corrected chi connectivity index (χ4v) is 5.96. The summed E-state index contributed by atoms with van der Waals surface area (Å²) in [6, 6.07) is 22.2. The van der Waals surface area contributed by atoms with Gasteiger partial charge in [0.2, 0.25) is 18.4 Å². The Morgan fingerprint density at radius 1 is 0.583 bits per heavy atom. The average Bonchev–Trinajstić information content (AvgIpc) is 3.77. The van der Waals surface area contributed by atoms with Crippen molar-refractivity contribution in [3.63, 3.8) is 0 Å². The van der Waals surface area contributed by atoms with Crippen LogP contribution in [-0.4, -0.2) is 43.9 Å². The summed E-state index contributed by atoms with van der Waals surface area (Å²) in [5.74, 6) is 0.365. The van der Waals surface area contributed by atoms with Crippen LogP contribution < -0.4 is 18.6 Å². The molecule has 1 aliphatic rings. The van der Waals surface area contributed by atoms with Gasteiger partial charge in [-0.3, -0.25) is 19.6 Å². The van der Waals surface area contributed by atoms with E-state index >= 15 is 0 Å². The molecule has 10 nitrogen and oxygen atoms in total. The zero-order valence-electron chi connectivity index (χ0n) is 26.5. The summed E-state index contributed by atoms with van der Waals surface area (Å²) in [5.41, 5.74) is 3.29. The number of rotatable bonds is 14. The van der Waals surface area contributed by atoms with Gasteiger partial charge in [0.1, 0.15) is 49.4 Å². The van der Waals surface area contributed by atoms with Crippen LogP contribution >= 0.6 is 0 Å². The van der Waals surface area contributed by atoms with Crippen LogP contribution in [0.1, 0.15) is 56.1 Å². The standard InChI is InChI=1S/C38H36N6O4/c45-37-31-11-5-13-33(47-23-7-17-41-19-21-43(27-41)25-29-9-1-3-15-39-29)35(31)38(46)36-32(37)12-6-14-34(36)48-24-8-18-42-20-22-44(28-42)26-30-10-2-4-16-40-30/h1-6,9-16,19-22,27-28H,7-8,17-18,23-26H2/q+2. The molecule has 0 bridgehead atoms. The molecule has 1 aliphatic carbocycles. The van der Waals surface area contributed by atoms with Gasteiger partial charge in [-0.1, -0.05) is 36.4 Å². The number of hydrogen-bond donors (Lipinski definition) is 0. The maximum atomic E-state index is 14.0. The molecule has 4 heterocycles. The van der Waals surface area contributed by atoms with Gasteiger partial charge in [-0.05, 0) is 36.4 Å². The van der Waals surface area contributed by atoms with Gasteiger partial charge < -0.3 is 9.47 Å². The van der Waals surface area contributed by atoms with Crippen molar-refractivity contribution in [3.05, 3.63) is 156 Å². The molecule has 0 unspecified atom stereocenters. The van der Waals surface area contributed by atoms with E-state index in [1.54, 1.807) is 48.8 Å². The normalized spacial score (nSPS) is 12.1. The quantitative estimate of drug-likeness (QED) is 0.129. The summed E-state index contributed by atoms with van der Waals surface area (Å²) in [7, 11) is 0. The number of ether oxygens (including phenoxy) is 2. The molecule has 0 spiro atoms. The predicted octanol–water partition coefficient (Wildman–Crippen LogP) is 4.46. The smallest absolute Gasteiger partial charge is 0.244 e. The average molecular weight is 641 g/mol. The summed E-state index contributed by atoms with van der Waals surface area (Å²) in [6.07, 6.45) is 17.2. The first-order chi connectivity index (χ1) is 23.6. The van der Waals surface area contributed by atoms with E-state index in [1.165, 1.54) is 0 Å². The van der Waals surface area contributed by atoms with Gasteiger partial charge >= 0.3 is 0 Å². The van der Waals surface area contributed by atoms with Crippen molar-refractivity contribution in [1.29, 1.82) is 0 Å². The number of nitrogens with zero attached hydrogens (tertiary/aromatic N) is 6. The Labute approximate surface area is 278 Å². The number of carbonyl (C=O) groups excluding carboxylic acids is 2. The maximum absolute atomic E-state index is 14.0. The number of carbonyl (C=O) groups is 2. The predicted molar refractivity (Wildman–Crippen MR) is 176 cm³/mol. The van der Waals surface area contributed by atoms with E-state index in [0.29, 0.717) is 60.1 Å². The second-order valence-electron chi connectivity index (χ2n) is 11.7. The van der Waals surface area contributed by atoms with Crippen LogP contribution in [-0.2, 0) is 26.2 Å². The van der Waals surface area contributed by atoms with Crippen molar-refractivity contribution < 1.29 is 28.2 Å². The van der Waals surface area contributed by atoms with Crippen molar-refractivity contribution >= 4 is 11.6 Å². The van der Waals surface area contributed by atoms with Crippen LogP contribution in [0.25, 0.3) is 0 Å². The van der Waals surface area contributed by atoms with Gasteiger partial charge in [-0.2, -0.15) is 0 Å². The number of ketones is 2. The Morgan fingerprint density at radius 2 is 1.08 bits per heavy atom. The molecule has 4 aromatic heterocycles. The van der Waals surface area contributed by atoms with E-state index in [9.17, 15) is 9.59 Å². The molecule has 0 atom stereocenters. The molecule has 0 amide bonds. The molecule has 0 saturated carbocycles. The Bertz CT molecular complexity index is 1890. The molecule has 0 saturated heterocycles. The lowest BCUT2D eigenvalue weighted by Crippen LogP contribution is -2.32. The van der Waals surface area contributed by atoms with Gasteiger partial charge in [0.15, 0.2) is 5.78 Å². The fraction of sp³-hybridized carbons (Fsp3) is 0.211. The van der Waals surface area contributed by atoms with Crippen LogP contribution in [0.15, 0.2) is 123 Å². The Balaban J connectivity index is 0.958. The molecule has 0 fully saturated rings. The minimum absolute atomic E-state index is 0.204. The lowest BCUT2D eigenvalue weighted by atomic mass is 9.83. The molecular formula is C38H36N6O4+2. The minimum atomic E-state index is -0.257. The summed E-state index contributed by atoms with van der Waals surface area (Å²) in [6.45, 7) is 3.66. The second-order valence-corrected chi connectivity index (χ2v) is 11.7. The van der Waals surface area contributed by atoms with Gasteiger partial charge in [0.25, 0.3) is 0 Å². The van der Waals surface area contributed by atoms with E-state index in [-0.39, 0.29) is 11.6 Å². The number of fused-ring (bicyclic) bond motifs is 2. The molecule has 0 N–H and O–H groups in total. The van der Waals surface area contributed by atoms with Crippen LogP contribution in [0.4, 0.5) is 0 Å². The van der Waals surface area contributed by atoms with E-state index < -0.39 is 0 Å². The molecule has 2 aromatic carbocycles. The number of pyridine rings is 2. The highest BCUT2D eigenvalue weighted by Gasteiger charge is 2.34. The number of benzene rings is 2. The highest BCUT2D eigenvalue weighted by atomic mass is 16.5. The summed E-state index contributed by atoms with van der Waals surface area (Å²) in [4.78, 5) is 36.3. The summed E-state index contributed by atoms with van der Waals surface area (Å²) >= 11 is 0. The topological polar surface area (TPSA) is 96.0 Å². The van der Waals surface area contributed by atoms with Gasteiger partial charge in [-0.15, -0.1) is 0 Å². The van der Waals surface area contributed by atoms with E-state index in [0.717, 1.165) is 37.3 Å². The molecule has 240 valence electrons. The van der Waals surface area contributed by atoms with Crippen LogP contribution in [0.3, 0.4) is 0 Å². The minimum Gasteiger partial charge on any atom is -0.493 e. The lowest BCUT2D eigenvalue weighted by molar-refractivity contribution is -0.688. The Hall–Kier alpha value is -5.90. The number of aryl methyl sites for hydroxylation is 2. The van der Waals surface area contributed by atoms with E-state index in [2.05, 4.69) is 28.2 Å². The van der Waals surface area contributed by atoms with Crippen LogP contribution in [0, 0.1) is 0 Å². The molecular weight excluding hydrogens is 604 g/mol. The van der Waals surface area contributed by atoms with Gasteiger partial charge in [0.05, 0.1) is 48.8 Å². The Kier molecular flexibility index (Phi) is 9.13. The highest BCUT2D eigenvalue weighted by Crippen LogP contribution is 2.37. The molecule has 7 rings (SSSR count). The van der Waals surface area contributed by atoms with Gasteiger partial charge in [0, 0.05) is 36.4 Å². The van der Waals surface area contributed by atoms with E-state index in [1.807, 2.05) is 73.8 Å². The van der Waals surface area contributed by atoms with Crippen LogP contribution in [0.5, 0.6) is 11.5 Å². The third kappa shape index (κ3) is 6.92. The van der Waals surface area contributed by atoms with Crippen molar-refractivity contribution in [2.45, 2.75) is 39.0 Å². The van der Waals surface area contributed by atoms with Crippen molar-refractivity contribution in [3.8, 4) is 11.5 Å². The molecule has 0 aliphatic heterocycles. The lowest BCUT2D eigenvalue weighted by Gasteiger charge is -2.22. The highest BCUT2D eigenvalue weighted by molar-refractivity contribution is 6.30. The van der Waals surface area contributed by atoms with Crippen molar-refractivity contribution in [2.24, 2.45) is 0 Å². The maximum Gasteiger partial charge on any atom is 0.244 e. The number of imidazole rings is 2. The third-order valence-electron chi connectivity index (χ3n) is 8.27. The largest absolute Gasteiger partial charge is 0.493 e. The first-order valence-electron chi connectivity index (χ1n) is 16.1. The van der Waals surface area contributed by atoms with Gasteiger partial charge in [-0.25, -0.2) is 18.3 Å². The zero-order valence-corrected chi connectivity index (χ0v) is 26.5. The molecule has 48 heavy (non-hydrogen) atoms. The Morgan fingerprint density at radius 3 is 1.54 bits per heavy atom. The zero-order chi connectivity index (χ0) is 32.7. The third-order valence-corrected chi connectivity index (χ3v) is 8.27. The molecule has 6 aromatic rings. The van der Waals surface area contributed by atoms with Crippen molar-refractivity contribution in [2.75, 3.05) is 13.2 Å². The molecule has 0 radical (unpaired) electrons. The van der Waals surface area contributed by atoms with E-state index in [4.69, 9.17) is 9.47 Å². The first kappa shape index (κ1) is 30.7. The van der Waals surface area contributed by atoms with Crippen molar-refractivity contribution in [1.82, 2.24) is 19.1 Å². The summed E-state index contributed by atoms with van der Waals surface area (Å²) < 4.78 is 20.6. The monoisotopic (exact) mass is 640 g/mol. The fourth-order valence-electron chi connectivity index (χ4n) is 5.96. The first-order valence-corrected chi connectivity index (χ1v) is 16.1. The SMILES string of the molecule is O=C1c2cccc(OCCCn3cc[n+](Cc4ccccn4)c3)c2C(=O)c2c(OCCCn3cc[n+](Cc4ccccn4)c3)cccc21. The second kappa shape index (κ2) is 14.3. The number of aromatic nitrogens is 6. The summed E-state index contributed by atoms with van der Waals surface area (Å²) in [5, 5.41) is 0. The number of hydrogen-bond acceptors (Lipinski definition) is 6. The molecule has 10 heteroatoms.